The molecule has 5 atom stereocenters. The SMILES string of the molecule is C[N+](C)(C)C[C@H](O)CC(=O)[O-].O=C([O-])C(O)C(O)C(O)C(O)C(=O)[O-].[Mg+2]. The standard InChI is InChI=1S/C7H15NO3.C6H10O8.Mg/c1-8(2,3)5-6(9)4-7(10)11;7-1(3(9)5(11)12)2(8)4(10)6(13)14;/h6,9H,4-5H2,1-3H3;1-4,7-10H,(H,11,12)(H,13,14);/q;;+2/p-2/t6-;;/m1../s1. The molecule has 0 aliphatic rings. The predicted octanol–water partition coefficient (Wildman–Crippen LogP) is -8.26. The van der Waals surface area contributed by atoms with Gasteiger partial charge >= 0.3 is 23.1 Å². The molecule has 0 heterocycles. The van der Waals surface area contributed by atoms with Crippen LogP contribution in [0.3, 0.4) is 0 Å². The number of nitrogens with zero attached hydrogens (tertiary/aromatic N) is 1. The van der Waals surface area contributed by atoms with Crippen LogP contribution in [0.15, 0.2) is 0 Å². The summed E-state index contributed by atoms with van der Waals surface area (Å²) in [5, 5.41) is 73.9. The minimum Gasteiger partial charge on any atom is -0.550 e. The summed E-state index contributed by atoms with van der Waals surface area (Å²) in [5.74, 6) is -5.42. The first-order chi connectivity index (χ1) is 11.1. The van der Waals surface area contributed by atoms with Gasteiger partial charge in [0.25, 0.3) is 0 Å². The number of hydrogen-bond donors (Lipinski definition) is 5. The van der Waals surface area contributed by atoms with Crippen LogP contribution in [-0.2, 0) is 14.4 Å². The smallest absolute Gasteiger partial charge is 0.550 e. The molecule has 0 aliphatic heterocycles. The molecule has 0 aromatic heterocycles. The second-order valence-electron chi connectivity index (χ2n) is 6.21. The quantitative estimate of drug-likeness (QED) is 0.183. The number of aliphatic carboxylic acids is 3. The Labute approximate surface area is 165 Å². The predicted molar refractivity (Wildman–Crippen MR) is 78.3 cm³/mol. The topological polar surface area (TPSA) is 222 Å². The van der Waals surface area contributed by atoms with Gasteiger partial charge in [-0.1, -0.05) is 0 Å². The first kappa shape index (κ1) is 29.7. The third kappa shape index (κ3) is 14.1. The Morgan fingerprint density at radius 3 is 1.31 bits per heavy atom. The molecule has 0 saturated carbocycles. The zero-order valence-electron chi connectivity index (χ0n) is 14.6. The van der Waals surface area contributed by atoms with Gasteiger partial charge in [0.15, 0.2) is 0 Å². The number of rotatable bonds is 9. The van der Waals surface area contributed by atoms with E-state index in [9.17, 15) is 29.7 Å². The van der Waals surface area contributed by atoms with Gasteiger partial charge in [-0.05, 0) is 0 Å². The molecular weight excluding hydrogens is 370 g/mol. The Bertz CT molecular complexity index is 430. The van der Waals surface area contributed by atoms with Gasteiger partial charge in [-0.3, -0.25) is 0 Å². The van der Waals surface area contributed by atoms with Gasteiger partial charge < -0.3 is 59.7 Å². The molecule has 148 valence electrons. The van der Waals surface area contributed by atoms with E-state index in [1.165, 1.54) is 0 Å². The van der Waals surface area contributed by atoms with Crippen LogP contribution in [0.25, 0.3) is 0 Å². The molecule has 0 amide bonds. The summed E-state index contributed by atoms with van der Waals surface area (Å²) in [6.45, 7) is 0.425. The maximum Gasteiger partial charge on any atom is 2.00 e. The van der Waals surface area contributed by atoms with Crippen molar-refractivity contribution >= 4 is 41.0 Å². The van der Waals surface area contributed by atoms with Crippen molar-refractivity contribution in [2.24, 2.45) is 0 Å². The Hall–Kier alpha value is -1.06. The summed E-state index contributed by atoms with van der Waals surface area (Å²) in [4.78, 5) is 29.9. The van der Waals surface area contributed by atoms with Crippen LogP contribution in [0, 0.1) is 0 Å². The summed E-state index contributed by atoms with van der Waals surface area (Å²) in [5.41, 5.74) is 0. The molecule has 0 bridgehead atoms. The van der Waals surface area contributed by atoms with E-state index in [-0.39, 0.29) is 29.5 Å². The van der Waals surface area contributed by atoms with E-state index in [2.05, 4.69) is 0 Å². The van der Waals surface area contributed by atoms with Gasteiger partial charge in [-0.2, -0.15) is 0 Å². The minimum atomic E-state index is -2.50. The van der Waals surface area contributed by atoms with Crippen molar-refractivity contribution in [3.63, 3.8) is 0 Å². The first-order valence-corrected chi connectivity index (χ1v) is 6.92. The molecule has 0 rings (SSSR count). The fourth-order valence-electron chi connectivity index (χ4n) is 1.54. The number of carbonyl (C=O) groups excluding carboxylic acids is 3. The Kier molecular flexibility index (Phi) is 15.0. The van der Waals surface area contributed by atoms with Crippen molar-refractivity contribution in [2.75, 3.05) is 27.7 Å². The zero-order chi connectivity index (χ0) is 20.5. The van der Waals surface area contributed by atoms with Gasteiger partial charge in [0, 0.05) is 12.4 Å². The Morgan fingerprint density at radius 1 is 0.808 bits per heavy atom. The number of quaternary nitrogens is 1. The normalized spacial score (nSPS) is 16.6. The van der Waals surface area contributed by atoms with E-state index in [1.807, 2.05) is 21.1 Å². The van der Waals surface area contributed by atoms with Crippen LogP contribution >= 0.6 is 0 Å². The second kappa shape index (κ2) is 13.2. The Balaban J connectivity index is -0.000000402. The molecule has 0 fully saturated rings. The second-order valence-corrected chi connectivity index (χ2v) is 6.21. The number of aliphatic hydroxyl groups excluding tert-OH is 5. The largest absolute Gasteiger partial charge is 2.00 e. The molecule has 0 saturated heterocycles. The summed E-state index contributed by atoms with van der Waals surface area (Å²) < 4.78 is 0.550. The monoisotopic (exact) mass is 393 g/mol. The van der Waals surface area contributed by atoms with Crippen molar-refractivity contribution in [3.8, 4) is 0 Å². The van der Waals surface area contributed by atoms with E-state index in [0.717, 1.165) is 0 Å². The summed E-state index contributed by atoms with van der Waals surface area (Å²) >= 11 is 0. The maximum absolute atomic E-state index is 10.0. The van der Waals surface area contributed by atoms with Crippen molar-refractivity contribution in [2.45, 2.75) is 36.9 Å². The van der Waals surface area contributed by atoms with Gasteiger partial charge in [0.05, 0.1) is 33.1 Å². The first-order valence-electron chi connectivity index (χ1n) is 6.92. The molecule has 12 nitrogen and oxygen atoms in total. The average molecular weight is 394 g/mol. The molecule has 26 heavy (non-hydrogen) atoms. The number of hydrogen-bond acceptors (Lipinski definition) is 11. The number of carboxylic acid groups (broad SMARTS) is 3. The number of carbonyl (C=O) groups is 3. The number of carboxylic acids is 3. The summed E-state index contributed by atoms with van der Waals surface area (Å²) in [6, 6.07) is 0. The van der Waals surface area contributed by atoms with E-state index in [1.54, 1.807) is 0 Å². The summed E-state index contributed by atoms with van der Waals surface area (Å²) in [6.07, 6.45) is -10.9. The molecule has 0 aromatic rings. The van der Waals surface area contributed by atoms with Crippen LogP contribution in [0.1, 0.15) is 6.42 Å². The molecule has 0 radical (unpaired) electrons. The third-order valence-corrected chi connectivity index (χ3v) is 2.64. The van der Waals surface area contributed by atoms with Crippen molar-refractivity contribution in [3.05, 3.63) is 0 Å². The van der Waals surface area contributed by atoms with Crippen LogP contribution in [0.2, 0.25) is 0 Å². The van der Waals surface area contributed by atoms with E-state index >= 15 is 0 Å². The summed E-state index contributed by atoms with van der Waals surface area (Å²) in [7, 11) is 5.66. The number of aliphatic hydroxyl groups is 5. The Morgan fingerprint density at radius 2 is 1.12 bits per heavy atom. The zero-order valence-corrected chi connectivity index (χ0v) is 16.1. The minimum absolute atomic E-state index is 0. The fraction of sp³-hybridized carbons (Fsp3) is 0.769. The van der Waals surface area contributed by atoms with Crippen LogP contribution in [-0.4, -0.2) is 129 Å². The van der Waals surface area contributed by atoms with Gasteiger partial charge in [0.1, 0.15) is 37.1 Å². The third-order valence-electron chi connectivity index (χ3n) is 2.64. The molecule has 0 spiro atoms. The fourth-order valence-corrected chi connectivity index (χ4v) is 1.54. The number of likely N-dealkylation sites (N-methyl/N-ethyl adjacent to an activating group) is 1. The van der Waals surface area contributed by atoms with Gasteiger partial charge in [-0.25, -0.2) is 0 Å². The van der Waals surface area contributed by atoms with Crippen LogP contribution in [0.4, 0.5) is 0 Å². The van der Waals surface area contributed by atoms with E-state index < -0.39 is 48.4 Å². The maximum atomic E-state index is 10.0. The average Bonchev–Trinajstić information content (AvgIpc) is 2.41. The van der Waals surface area contributed by atoms with Crippen LogP contribution in [0.5, 0.6) is 0 Å². The van der Waals surface area contributed by atoms with Gasteiger partial charge in [-0.15, -0.1) is 0 Å². The van der Waals surface area contributed by atoms with E-state index in [0.29, 0.717) is 11.0 Å². The van der Waals surface area contributed by atoms with Crippen LogP contribution < -0.4 is 15.3 Å². The molecule has 0 aliphatic carbocycles. The van der Waals surface area contributed by atoms with Gasteiger partial charge in [0.2, 0.25) is 0 Å². The van der Waals surface area contributed by atoms with Crippen molar-refractivity contribution in [1.82, 2.24) is 0 Å². The van der Waals surface area contributed by atoms with Crippen molar-refractivity contribution < 1.29 is 59.7 Å². The van der Waals surface area contributed by atoms with E-state index in [4.69, 9.17) is 25.5 Å². The molecular formula is C13H23MgNO11. The van der Waals surface area contributed by atoms with Crippen molar-refractivity contribution in [1.29, 1.82) is 0 Å². The molecule has 4 unspecified atom stereocenters. The molecule has 13 heteroatoms. The molecule has 0 aromatic carbocycles. The molecule has 5 N–H and O–H groups in total.